The molecule has 102 valence electrons. The molecule has 1 saturated carbocycles. The number of carboxylic acids is 1. The Hall–Kier alpha value is -2.11. The average Bonchev–Trinajstić information content (AvgIpc) is 3.11. The molecule has 0 aromatic carbocycles. The van der Waals surface area contributed by atoms with Crippen LogP contribution in [0.4, 0.5) is 0 Å². The topological polar surface area (TPSA) is 99.3 Å². The maximum atomic E-state index is 12.0. The van der Waals surface area contributed by atoms with Gasteiger partial charge >= 0.3 is 5.97 Å². The molecule has 0 aliphatic heterocycles. The number of aliphatic carboxylic acids is 1. The summed E-state index contributed by atoms with van der Waals surface area (Å²) in [5.74, 6) is -1.80. The fourth-order valence-corrected chi connectivity index (χ4v) is 2.04. The lowest BCUT2D eigenvalue weighted by molar-refractivity contribution is -0.144. The van der Waals surface area contributed by atoms with Gasteiger partial charge in [-0.3, -0.25) is 9.59 Å². The summed E-state index contributed by atoms with van der Waals surface area (Å²) in [4.78, 5) is 37.5. The van der Waals surface area contributed by atoms with Crippen LogP contribution >= 0.6 is 0 Å². The Labute approximate surface area is 109 Å². The van der Waals surface area contributed by atoms with Crippen molar-refractivity contribution in [1.29, 1.82) is 0 Å². The van der Waals surface area contributed by atoms with E-state index in [0.29, 0.717) is 5.69 Å². The van der Waals surface area contributed by atoms with E-state index in [1.807, 2.05) is 0 Å². The number of rotatable bonds is 4. The van der Waals surface area contributed by atoms with Gasteiger partial charge in [0.15, 0.2) is 0 Å². The van der Waals surface area contributed by atoms with Crippen LogP contribution in [0.2, 0.25) is 0 Å². The molecule has 0 radical (unpaired) electrons. The Morgan fingerprint density at radius 2 is 2.05 bits per heavy atom. The Morgan fingerprint density at radius 1 is 1.42 bits per heavy atom. The van der Waals surface area contributed by atoms with Crippen molar-refractivity contribution in [3.63, 3.8) is 0 Å². The Bertz CT molecular complexity index is 589. The Balaban J connectivity index is 2.25. The number of carboxylic acid groups (broad SMARTS) is 1. The van der Waals surface area contributed by atoms with Gasteiger partial charge in [-0.05, 0) is 44.7 Å². The highest BCUT2D eigenvalue weighted by molar-refractivity contribution is 5.97. The summed E-state index contributed by atoms with van der Waals surface area (Å²) in [6.07, 6.45) is 1.54. The van der Waals surface area contributed by atoms with Crippen molar-refractivity contribution in [3.05, 3.63) is 33.7 Å². The second-order valence-electron chi connectivity index (χ2n) is 5.12. The highest BCUT2D eigenvalue weighted by Gasteiger charge is 2.48. The van der Waals surface area contributed by atoms with E-state index in [4.69, 9.17) is 0 Å². The minimum absolute atomic E-state index is 0.0706. The van der Waals surface area contributed by atoms with Gasteiger partial charge in [0.25, 0.3) is 11.5 Å². The van der Waals surface area contributed by atoms with Crippen LogP contribution in [0.1, 0.15) is 35.8 Å². The van der Waals surface area contributed by atoms with Crippen LogP contribution in [0.3, 0.4) is 0 Å². The molecular weight excluding hydrogens is 248 g/mol. The minimum atomic E-state index is -1.31. The van der Waals surface area contributed by atoms with E-state index in [1.54, 1.807) is 13.0 Å². The average molecular weight is 264 g/mol. The van der Waals surface area contributed by atoms with E-state index in [-0.39, 0.29) is 11.5 Å². The molecule has 6 nitrogen and oxygen atoms in total. The van der Waals surface area contributed by atoms with Gasteiger partial charge in [0.2, 0.25) is 0 Å². The number of H-pyrrole nitrogens is 1. The second kappa shape index (κ2) is 4.53. The molecule has 2 rings (SSSR count). The van der Waals surface area contributed by atoms with Gasteiger partial charge in [0.1, 0.15) is 11.1 Å². The van der Waals surface area contributed by atoms with Gasteiger partial charge in [0.05, 0.1) is 0 Å². The van der Waals surface area contributed by atoms with Crippen molar-refractivity contribution in [2.45, 2.75) is 32.2 Å². The van der Waals surface area contributed by atoms with Crippen molar-refractivity contribution in [2.75, 3.05) is 0 Å². The molecule has 1 unspecified atom stereocenters. The lowest BCUT2D eigenvalue weighted by Gasteiger charge is -2.25. The monoisotopic (exact) mass is 264 g/mol. The van der Waals surface area contributed by atoms with Crippen LogP contribution in [0.15, 0.2) is 16.9 Å². The van der Waals surface area contributed by atoms with Crippen LogP contribution in [-0.2, 0) is 4.79 Å². The summed E-state index contributed by atoms with van der Waals surface area (Å²) in [5, 5.41) is 11.7. The highest BCUT2D eigenvalue weighted by Crippen LogP contribution is 2.39. The van der Waals surface area contributed by atoms with Crippen LogP contribution < -0.4 is 10.9 Å². The summed E-state index contributed by atoms with van der Waals surface area (Å²) < 4.78 is 0. The first-order valence-corrected chi connectivity index (χ1v) is 6.10. The van der Waals surface area contributed by atoms with Crippen molar-refractivity contribution in [2.24, 2.45) is 5.92 Å². The van der Waals surface area contributed by atoms with Crippen molar-refractivity contribution >= 4 is 11.9 Å². The maximum Gasteiger partial charge on any atom is 0.329 e. The number of aryl methyl sites for hydroxylation is 1. The van der Waals surface area contributed by atoms with Gasteiger partial charge in [-0.25, -0.2) is 4.79 Å². The normalized spacial score (nSPS) is 17.6. The summed E-state index contributed by atoms with van der Waals surface area (Å²) in [5.41, 5.74) is -1.25. The third kappa shape index (κ3) is 2.52. The van der Waals surface area contributed by atoms with E-state index in [0.717, 1.165) is 12.8 Å². The summed E-state index contributed by atoms with van der Waals surface area (Å²) >= 11 is 0. The molecule has 0 saturated heterocycles. The summed E-state index contributed by atoms with van der Waals surface area (Å²) in [6, 6.07) is 3.00. The SMILES string of the molecule is Cc1ccc(C(=O)NC(C)(C(=O)O)C2CC2)c(=O)[nH]1. The first-order valence-electron chi connectivity index (χ1n) is 6.10. The van der Waals surface area contributed by atoms with Gasteiger partial charge in [0, 0.05) is 5.69 Å². The number of aromatic nitrogens is 1. The van der Waals surface area contributed by atoms with Crippen molar-refractivity contribution < 1.29 is 14.7 Å². The zero-order valence-corrected chi connectivity index (χ0v) is 10.8. The lowest BCUT2D eigenvalue weighted by atomic mass is 9.95. The highest BCUT2D eigenvalue weighted by atomic mass is 16.4. The molecule has 1 aliphatic carbocycles. The maximum absolute atomic E-state index is 12.0. The fourth-order valence-electron chi connectivity index (χ4n) is 2.04. The standard InChI is InChI=1S/C13H16N2O4/c1-7-3-6-9(10(16)14-7)11(17)15-13(2,12(18)19)8-4-5-8/h3,6,8H,4-5H2,1-2H3,(H,14,16)(H,15,17)(H,18,19). The fraction of sp³-hybridized carbons (Fsp3) is 0.462. The number of nitrogens with one attached hydrogen (secondary N) is 2. The van der Waals surface area contributed by atoms with Crippen molar-refractivity contribution in [3.8, 4) is 0 Å². The summed E-state index contributed by atoms with van der Waals surface area (Å²) in [6.45, 7) is 3.18. The smallest absolute Gasteiger partial charge is 0.329 e. The molecule has 1 atom stereocenters. The number of carbonyl (C=O) groups excluding carboxylic acids is 1. The number of hydrogen-bond acceptors (Lipinski definition) is 3. The largest absolute Gasteiger partial charge is 0.480 e. The Morgan fingerprint density at radius 3 is 2.53 bits per heavy atom. The van der Waals surface area contributed by atoms with Crippen LogP contribution in [0.5, 0.6) is 0 Å². The van der Waals surface area contributed by atoms with Gasteiger partial charge < -0.3 is 15.4 Å². The first kappa shape index (κ1) is 13.3. The minimum Gasteiger partial charge on any atom is -0.480 e. The molecule has 19 heavy (non-hydrogen) atoms. The third-order valence-corrected chi connectivity index (χ3v) is 3.51. The second-order valence-corrected chi connectivity index (χ2v) is 5.12. The zero-order valence-electron chi connectivity index (χ0n) is 10.8. The first-order chi connectivity index (χ1) is 8.84. The molecule has 3 N–H and O–H groups in total. The van der Waals surface area contributed by atoms with Gasteiger partial charge in [-0.15, -0.1) is 0 Å². The van der Waals surface area contributed by atoms with E-state index in [9.17, 15) is 19.5 Å². The van der Waals surface area contributed by atoms with E-state index >= 15 is 0 Å². The molecule has 1 aliphatic rings. The van der Waals surface area contributed by atoms with E-state index in [1.165, 1.54) is 13.0 Å². The van der Waals surface area contributed by atoms with Gasteiger partial charge in [-0.2, -0.15) is 0 Å². The predicted molar refractivity (Wildman–Crippen MR) is 68.0 cm³/mol. The Kier molecular flexibility index (Phi) is 3.18. The molecule has 1 aromatic heterocycles. The molecule has 1 fully saturated rings. The quantitative estimate of drug-likeness (QED) is 0.744. The lowest BCUT2D eigenvalue weighted by Crippen LogP contribution is -2.54. The van der Waals surface area contributed by atoms with Crippen molar-refractivity contribution in [1.82, 2.24) is 10.3 Å². The molecule has 0 bridgehead atoms. The molecular formula is C13H16N2O4. The molecule has 6 heteroatoms. The number of aromatic amines is 1. The molecule has 1 aromatic rings. The number of carbonyl (C=O) groups is 2. The number of hydrogen-bond donors (Lipinski definition) is 3. The van der Waals surface area contributed by atoms with Crippen LogP contribution in [-0.4, -0.2) is 27.5 Å². The zero-order chi connectivity index (χ0) is 14.2. The summed E-state index contributed by atoms with van der Waals surface area (Å²) in [7, 11) is 0. The molecule has 1 amide bonds. The van der Waals surface area contributed by atoms with E-state index < -0.39 is 23.0 Å². The molecule has 1 heterocycles. The third-order valence-electron chi connectivity index (χ3n) is 3.51. The van der Waals surface area contributed by atoms with Crippen LogP contribution in [0, 0.1) is 12.8 Å². The van der Waals surface area contributed by atoms with E-state index in [2.05, 4.69) is 10.3 Å². The number of pyridine rings is 1. The molecule has 0 spiro atoms. The number of amides is 1. The van der Waals surface area contributed by atoms with Gasteiger partial charge in [-0.1, -0.05) is 0 Å². The van der Waals surface area contributed by atoms with Crippen LogP contribution in [0.25, 0.3) is 0 Å². The predicted octanol–water partition coefficient (Wildman–Crippen LogP) is 0.666.